The topological polar surface area (TPSA) is 78.9 Å². The van der Waals surface area contributed by atoms with Crippen LogP contribution in [-0.2, 0) is 7.05 Å². The molecule has 0 aliphatic rings. The predicted octanol–water partition coefficient (Wildman–Crippen LogP) is 1.94. The first-order valence-corrected chi connectivity index (χ1v) is 5.11. The molecular formula is C12H7F2N3O2. The number of carbonyl (C=O) groups is 1. The first-order chi connectivity index (χ1) is 8.93. The minimum Gasteiger partial charge on any atom is -0.476 e. The molecule has 1 heterocycles. The molecule has 96 valence electrons. The summed E-state index contributed by atoms with van der Waals surface area (Å²) in [5.74, 6) is -3.12. The molecule has 1 aromatic heterocycles. The Kier molecular flexibility index (Phi) is 3.00. The van der Waals surface area contributed by atoms with Gasteiger partial charge in [-0.05, 0) is 12.1 Å². The number of rotatable bonds is 2. The number of hydrogen-bond acceptors (Lipinski definition) is 3. The molecule has 2 aromatic rings. The summed E-state index contributed by atoms with van der Waals surface area (Å²) in [5.41, 5.74) is -0.527. The molecule has 0 amide bonds. The van der Waals surface area contributed by atoms with E-state index in [4.69, 9.17) is 10.4 Å². The van der Waals surface area contributed by atoms with Gasteiger partial charge >= 0.3 is 5.97 Å². The largest absolute Gasteiger partial charge is 0.476 e. The average Bonchev–Trinajstić information content (AvgIpc) is 2.72. The molecule has 1 aromatic carbocycles. The van der Waals surface area contributed by atoms with Crippen molar-refractivity contribution in [2.75, 3.05) is 0 Å². The molecule has 7 heteroatoms. The molecule has 0 saturated heterocycles. The summed E-state index contributed by atoms with van der Waals surface area (Å²) in [6, 6.07) is 4.35. The molecule has 2 rings (SSSR count). The van der Waals surface area contributed by atoms with Gasteiger partial charge in [-0.3, -0.25) is 4.68 Å². The fourth-order valence-electron chi connectivity index (χ4n) is 1.65. The van der Waals surface area contributed by atoms with E-state index in [1.165, 1.54) is 7.05 Å². The molecule has 0 radical (unpaired) electrons. The summed E-state index contributed by atoms with van der Waals surface area (Å²) in [5, 5.41) is 21.2. The first kappa shape index (κ1) is 12.7. The maximum atomic E-state index is 13.7. The number of benzene rings is 1. The lowest BCUT2D eigenvalue weighted by molar-refractivity contribution is 0.0689. The fourth-order valence-corrected chi connectivity index (χ4v) is 1.65. The van der Waals surface area contributed by atoms with Gasteiger partial charge < -0.3 is 5.11 Å². The van der Waals surface area contributed by atoms with Crippen molar-refractivity contribution in [1.82, 2.24) is 9.78 Å². The van der Waals surface area contributed by atoms with Crippen LogP contribution in [0.1, 0.15) is 16.1 Å². The molecule has 0 atom stereocenters. The first-order valence-electron chi connectivity index (χ1n) is 5.11. The van der Waals surface area contributed by atoms with Crippen LogP contribution in [-0.4, -0.2) is 20.9 Å². The molecule has 1 N–H and O–H groups in total. The second-order valence-corrected chi connectivity index (χ2v) is 3.77. The van der Waals surface area contributed by atoms with Gasteiger partial charge in [0.2, 0.25) is 0 Å². The fraction of sp³-hybridized carbons (Fsp3) is 0.0833. The normalized spacial score (nSPS) is 10.2. The molecule has 0 fully saturated rings. The lowest BCUT2D eigenvalue weighted by Gasteiger charge is -2.04. The van der Waals surface area contributed by atoms with Crippen molar-refractivity contribution >= 4 is 5.97 Å². The number of aryl methyl sites for hydroxylation is 1. The second-order valence-electron chi connectivity index (χ2n) is 3.77. The Morgan fingerprint density at radius 3 is 2.58 bits per heavy atom. The van der Waals surface area contributed by atoms with E-state index in [1.807, 2.05) is 0 Å². The molecule has 0 bridgehead atoms. The van der Waals surface area contributed by atoms with Crippen molar-refractivity contribution in [3.8, 4) is 17.3 Å². The Bertz CT molecular complexity index is 716. The number of aromatic nitrogens is 2. The van der Waals surface area contributed by atoms with E-state index in [0.717, 1.165) is 16.8 Å². The summed E-state index contributed by atoms with van der Waals surface area (Å²) < 4.78 is 28.1. The quantitative estimate of drug-likeness (QED) is 0.897. The Balaban J connectivity index is 2.65. The van der Waals surface area contributed by atoms with Gasteiger partial charge in [0, 0.05) is 18.7 Å². The molecule has 5 nitrogen and oxygen atoms in total. The van der Waals surface area contributed by atoms with E-state index >= 15 is 0 Å². The van der Waals surface area contributed by atoms with Crippen LogP contribution in [0.5, 0.6) is 0 Å². The van der Waals surface area contributed by atoms with Crippen molar-refractivity contribution in [2.24, 2.45) is 7.05 Å². The summed E-state index contributed by atoms with van der Waals surface area (Å²) in [7, 11) is 1.43. The Labute approximate surface area is 106 Å². The number of carboxylic acids is 1. The van der Waals surface area contributed by atoms with Gasteiger partial charge in [0.1, 0.15) is 17.7 Å². The molecular weight excluding hydrogens is 256 g/mol. The number of hydrogen-bond donors (Lipinski definition) is 1. The second kappa shape index (κ2) is 4.49. The van der Waals surface area contributed by atoms with Crippen molar-refractivity contribution in [1.29, 1.82) is 5.26 Å². The smallest absolute Gasteiger partial charge is 0.356 e. The zero-order valence-electron chi connectivity index (χ0n) is 9.69. The van der Waals surface area contributed by atoms with Gasteiger partial charge in [-0.25, -0.2) is 13.6 Å². The van der Waals surface area contributed by atoms with Crippen LogP contribution in [0.25, 0.3) is 11.3 Å². The third kappa shape index (κ3) is 2.15. The highest BCUT2D eigenvalue weighted by molar-refractivity contribution is 5.87. The van der Waals surface area contributed by atoms with Gasteiger partial charge in [0.05, 0.1) is 11.3 Å². The number of aromatic carboxylic acids is 1. The molecule has 0 unspecified atom stereocenters. The Hall–Kier alpha value is -2.75. The number of halogens is 2. The zero-order valence-corrected chi connectivity index (χ0v) is 9.69. The maximum absolute atomic E-state index is 13.7. The van der Waals surface area contributed by atoms with Crippen LogP contribution in [0, 0.1) is 23.0 Å². The number of carboxylic acid groups (broad SMARTS) is 1. The van der Waals surface area contributed by atoms with Gasteiger partial charge in [-0.15, -0.1) is 0 Å². The van der Waals surface area contributed by atoms with Crippen LogP contribution in [0.15, 0.2) is 18.2 Å². The van der Waals surface area contributed by atoms with Crippen molar-refractivity contribution in [3.63, 3.8) is 0 Å². The maximum Gasteiger partial charge on any atom is 0.356 e. The third-order valence-corrected chi connectivity index (χ3v) is 2.55. The van der Waals surface area contributed by atoms with Crippen LogP contribution >= 0.6 is 0 Å². The van der Waals surface area contributed by atoms with Crippen molar-refractivity contribution in [3.05, 3.63) is 41.1 Å². The monoisotopic (exact) mass is 263 g/mol. The number of nitriles is 1. The highest BCUT2D eigenvalue weighted by Gasteiger charge is 2.17. The zero-order chi connectivity index (χ0) is 14.2. The predicted molar refractivity (Wildman–Crippen MR) is 60.2 cm³/mol. The molecule has 0 saturated carbocycles. The van der Waals surface area contributed by atoms with Gasteiger partial charge in [0.15, 0.2) is 5.69 Å². The minimum absolute atomic E-state index is 0.0829. The van der Waals surface area contributed by atoms with E-state index in [9.17, 15) is 13.6 Å². The van der Waals surface area contributed by atoms with Crippen molar-refractivity contribution < 1.29 is 18.7 Å². The summed E-state index contributed by atoms with van der Waals surface area (Å²) in [4.78, 5) is 10.8. The minimum atomic E-state index is -1.26. The van der Waals surface area contributed by atoms with Gasteiger partial charge in [-0.2, -0.15) is 10.4 Å². The van der Waals surface area contributed by atoms with E-state index in [-0.39, 0.29) is 22.5 Å². The summed E-state index contributed by atoms with van der Waals surface area (Å²) in [6.07, 6.45) is 0. The van der Waals surface area contributed by atoms with E-state index in [2.05, 4.69) is 5.10 Å². The lowest BCUT2D eigenvalue weighted by atomic mass is 10.1. The molecule has 0 spiro atoms. The van der Waals surface area contributed by atoms with Crippen LogP contribution in [0.2, 0.25) is 0 Å². The average molecular weight is 263 g/mol. The molecule has 19 heavy (non-hydrogen) atoms. The van der Waals surface area contributed by atoms with Gasteiger partial charge in [0.25, 0.3) is 0 Å². The highest BCUT2D eigenvalue weighted by Crippen LogP contribution is 2.26. The van der Waals surface area contributed by atoms with Gasteiger partial charge in [-0.1, -0.05) is 0 Å². The van der Waals surface area contributed by atoms with E-state index in [1.54, 1.807) is 6.07 Å². The standard InChI is InChI=1S/C12H7F2N3O2/c1-17-11(4-10(16-17)12(18)19)7-2-6(5-15)8(13)3-9(7)14/h2-4H,1H3,(H,18,19). The molecule has 0 aliphatic carbocycles. The lowest BCUT2D eigenvalue weighted by Crippen LogP contribution is -2.00. The van der Waals surface area contributed by atoms with E-state index < -0.39 is 17.6 Å². The molecule has 0 aliphatic heterocycles. The Morgan fingerprint density at radius 1 is 1.37 bits per heavy atom. The van der Waals surface area contributed by atoms with Crippen LogP contribution < -0.4 is 0 Å². The van der Waals surface area contributed by atoms with Crippen LogP contribution in [0.4, 0.5) is 8.78 Å². The summed E-state index contributed by atoms with van der Waals surface area (Å²) in [6.45, 7) is 0. The highest BCUT2D eigenvalue weighted by atomic mass is 19.1. The van der Waals surface area contributed by atoms with E-state index in [0.29, 0.717) is 6.07 Å². The SMILES string of the molecule is Cn1nc(C(=O)O)cc1-c1cc(C#N)c(F)cc1F. The van der Waals surface area contributed by atoms with Crippen LogP contribution in [0.3, 0.4) is 0 Å². The Morgan fingerprint density at radius 2 is 2.05 bits per heavy atom. The summed E-state index contributed by atoms with van der Waals surface area (Å²) >= 11 is 0. The number of nitrogens with zero attached hydrogens (tertiary/aromatic N) is 3. The third-order valence-electron chi connectivity index (χ3n) is 2.55. The van der Waals surface area contributed by atoms with Crippen molar-refractivity contribution in [2.45, 2.75) is 0 Å².